The first-order chi connectivity index (χ1) is 8.66. The number of carbonyl (C=O) groups is 2. The Balaban J connectivity index is 3.20. The summed E-state index contributed by atoms with van der Waals surface area (Å²) >= 11 is 0. The van der Waals surface area contributed by atoms with Crippen molar-refractivity contribution in [2.75, 3.05) is 39.5 Å². The molecule has 0 aromatic rings. The normalized spacial score (nSPS) is 10.1. The lowest BCUT2D eigenvalue weighted by Gasteiger charge is -2.07. The largest absolute Gasteiger partial charge is 0.480 e. The Hall–Kier alpha value is -1.34. The number of carboxylic acids is 1. The quantitative estimate of drug-likeness (QED) is 0.462. The van der Waals surface area contributed by atoms with Crippen LogP contribution in [0, 0.1) is 0 Å². The molecule has 0 spiro atoms. The lowest BCUT2D eigenvalue weighted by molar-refractivity contribution is -0.142. The van der Waals surface area contributed by atoms with Crippen LogP contribution in [0.1, 0.15) is 19.8 Å². The molecular formula is C11H22N2O5. The fourth-order valence-electron chi connectivity index (χ4n) is 1.08. The van der Waals surface area contributed by atoms with Crippen LogP contribution in [0.25, 0.3) is 0 Å². The van der Waals surface area contributed by atoms with E-state index in [2.05, 4.69) is 10.6 Å². The van der Waals surface area contributed by atoms with E-state index in [0.717, 1.165) is 19.4 Å². The summed E-state index contributed by atoms with van der Waals surface area (Å²) in [5.41, 5.74) is 0. The van der Waals surface area contributed by atoms with Crippen molar-refractivity contribution in [1.82, 2.24) is 10.6 Å². The summed E-state index contributed by atoms with van der Waals surface area (Å²) < 4.78 is 10.0. The second kappa shape index (κ2) is 12.1. The van der Waals surface area contributed by atoms with Crippen molar-refractivity contribution in [3.05, 3.63) is 0 Å². The van der Waals surface area contributed by atoms with Crippen molar-refractivity contribution >= 4 is 12.0 Å². The van der Waals surface area contributed by atoms with Crippen LogP contribution in [-0.2, 0) is 14.3 Å². The summed E-state index contributed by atoms with van der Waals surface area (Å²) in [6, 6.07) is -0.288. The highest BCUT2D eigenvalue weighted by molar-refractivity contribution is 5.73. The van der Waals surface area contributed by atoms with E-state index in [1.165, 1.54) is 0 Å². The molecule has 0 aromatic carbocycles. The van der Waals surface area contributed by atoms with Crippen molar-refractivity contribution in [2.45, 2.75) is 19.8 Å². The smallest absolute Gasteiger partial charge is 0.329 e. The van der Waals surface area contributed by atoms with E-state index >= 15 is 0 Å². The molecule has 0 aliphatic carbocycles. The van der Waals surface area contributed by atoms with Crippen LogP contribution in [0.3, 0.4) is 0 Å². The van der Waals surface area contributed by atoms with Gasteiger partial charge in [0.05, 0.1) is 6.61 Å². The van der Waals surface area contributed by atoms with Gasteiger partial charge in [-0.25, -0.2) is 9.59 Å². The number of carbonyl (C=O) groups excluding carboxylic acids is 1. The topological polar surface area (TPSA) is 96.9 Å². The predicted molar refractivity (Wildman–Crippen MR) is 65.6 cm³/mol. The Morgan fingerprint density at radius 3 is 2.44 bits per heavy atom. The summed E-state index contributed by atoms with van der Waals surface area (Å²) in [6.07, 6.45) is 1.76. The van der Waals surface area contributed by atoms with Crippen LogP contribution in [0.15, 0.2) is 0 Å². The molecule has 2 amide bonds. The maximum absolute atomic E-state index is 11.2. The molecule has 3 N–H and O–H groups in total. The highest BCUT2D eigenvalue weighted by Crippen LogP contribution is 1.83. The number of rotatable bonds is 11. The molecule has 0 unspecified atom stereocenters. The van der Waals surface area contributed by atoms with Gasteiger partial charge in [-0.1, -0.05) is 6.92 Å². The Morgan fingerprint density at radius 1 is 1.06 bits per heavy atom. The Bertz CT molecular complexity index is 235. The summed E-state index contributed by atoms with van der Waals surface area (Å²) in [7, 11) is 0. The molecule has 0 saturated carbocycles. The first-order valence-electron chi connectivity index (χ1n) is 6.05. The highest BCUT2D eigenvalue weighted by atomic mass is 16.5. The summed E-state index contributed by atoms with van der Waals surface area (Å²) in [5, 5.41) is 13.5. The van der Waals surface area contributed by atoms with Crippen molar-refractivity contribution in [2.24, 2.45) is 0 Å². The van der Waals surface area contributed by atoms with Gasteiger partial charge in [-0.3, -0.25) is 0 Å². The number of hydrogen-bond donors (Lipinski definition) is 3. The molecular weight excluding hydrogens is 240 g/mol. The maximum atomic E-state index is 11.2. The van der Waals surface area contributed by atoms with Crippen LogP contribution < -0.4 is 10.6 Å². The number of urea groups is 1. The van der Waals surface area contributed by atoms with E-state index in [9.17, 15) is 9.59 Å². The van der Waals surface area contributed by atoms with Gasteiger partial charge in [0, 0.05) is 26.3 Å². The van der Waals surface area contributed by atoms with Gasteiger partial charge in [0.25, 0.3) is 0 Å². The first-order valence-corrected chi connectivity index (χ1v) is 6.05. The third-order valence-electron chi connectivity index (χ3n) is 1.86. The molecule has 0 aliphatic rings. The summed E-state index contributed by atoms with van der Waals surface area (Å²) in [5.74, 6) is -1.02. The van der Waals surface area contributed by atoms with Crippen molar-refractivity contribution in [1.29, 1.82) is 0 Å². The van der Waals surface area contributed by atoms with Gasteiger partial charge in [-0.2, -0.15) is 0 Å². The summed E-state index contributed by atoms with van der Waals surface area (Å²) in [6.45, 7) is 4.08. The van der Waals surface area contributed by atoms with Crippen LogP contribution in [0.2, 0.25) is 0 Å². The monoisotopic (exact) mass is 262 g/mol. The van der Waals surface area contributed by atoms with Gasteiger partial charge in [0.1, 0.15) is 6.61 Å². The number of aliphatic carboxylic acids is 1. The van der Waals surface area contributed by atoms with Crippen molar-refractivity contribution < 1.29 is 24.2 Å². The van der Waals surface area contributed by atoms with Crippen molar-refractivity contribution in [3.63, 3.8) is 0 Å². The lowest BCUT2D eigenvalue weighted by atomic mass is 10.4. The number of carboxylic acid groups (broad SMARTS) is 1. The van der Waals surface area contributed by atoms with Gasteiger partial charge >= 0.3 is 12.0 Å². The maximum Gasteiger partial charge on any atom is 0.329 e. The van der Waals surface area contributed by atoms with E-state index in [1.54, 1.807) is 0 Å². The minimum absolute atomic E-state index is 0.180. The molecule has 7 heteroatoms. The minimum atomic E-state index is -1.02. The zero-order valence-electron chi connectivity index (χ0n) is 10.7. The third-order valence-corrected chi connectivity index (χ3v) is 1.86. The molecule has 18 heavy (non-hydrogen) atoms. The zero-order chi connectivity index (χ0) is 13.6. The second-order valence-corrected chi connectivity index (χ2v) is 3.59. The standard InChI is InChI=1S/C11H22N2O5/c1-2-6-17-7-3-4-12-11(16)13-5-8-18-9-10(14)15/h2-9H2,1H3,(H,14,15)(H2,12,13,16). The fourth-order valence-corrected chi connectivity index (χ4v) is 1.08. The van der Waals surface area contributed by atoms with E-state index in [1.807, 2.05) is 6.92 Å². The molecule has 7 nitrogen and oxygen atoms in total. The molecule has 0 atom stereocenters. The van der Waals surface area contributed by atoms with Gasteiger partial charge in [0.15, 0.2) is 0 Å². The molecule has 0 heterocycles. The van der Waals surface area contributed by atoms with Crippen molar-refractivity contribution in [3.8, 4) is 0 Å². The number of hydrogen-bond acceptors (Lipinski definition) is 4. The molecule has 0 fully saturated rings. The second-order valence-electron chi connectivity index (χ2n) is 3.59. The average Bonchev–Trinajstić information content (AvgIpc) is 2.33. The SMILES string of the molecule is CCCOCCCNC(=O)NCCOCC(=O)O. The Labute approximate surface area is 107 Å². The van der Waals surface area contributed by atoms with Crippen LogP contribution in [0.4, 0.5) is 4.79 Å². The average molecular weight is 262 g/mol. The van der Waals surface area contributed by atoms with E-state index in [0.29, 0.717) is 13.2 Å². The van der Waals surface area contributed by atoms with E-state index < -0.39 is 5.97 Å². The Kier molecular flexibility index (Phi) is 11.2. The predicted octanol–water partition coefficient (Wildman–Crippen LogP) is 0.204. The highest BCUT2D eigenvalue weighted by Gasteiger charge is 1.99. The molecule has 0 saturated heterocycles. The van der Waals surface area contributed by atoms with Gasteiger partial charge < -0.3 is 25.2 Å². The van der Waals surface area contributed by atoms with Gasteiger partial charge in [-0.05, 0) is 12.8 Å². The van der Waals surface area contributed by atoms with Gasteiger partial charge in [-0.15, -0.1) is 0 Å². The van der Waals surface area contributed by atoms with E-state index in [-0.39, 0.29) is 25.8 Å². The zero-order valence-corrected chi connectivity index (χ0v) is 10.7. The van der Waals surface area contributed by atoms with Crippen LogP contribution >= 0.6 is 0 Å². The van der Waals surface area contributed by atoms with E-state index in [4.69, 9.17) is 14.6 Å². The molecule has 106 valence electrons. The molecule has 0 aliphatic heterocycles. The molecule has 0 aromatic heterocycles. The number of nitrogens with one attached hydrogen (secondary N) is 2. The summed E-state index contributed by atoms with van der Waals surface area (Å²) in [4.78, 5) is 21.3. The lowest BCUT2D eigenvalue weighted by Crippen LogP contribution is -2.38. The fraction of sp³-hybridized carbons (Fsp3) is 0.818. The molecule has 0 bridgehead atoms. The van der Waals surface area contributed by atoms with Gasteiger partial charge in [0.2, 0.25) is 0 Å². The Morgan fingerprint density at radius 2 is 1.78 bits per heavy atom. The number of ether oxygens (including phenoxy) is 2. The molecule has 0 rings (SSSR count). The molecule has 0 radical (unpaired) electrons. The third kappa shape index (κ3) is 12.7. The first kappa shape index (κ1) is 16.7. The number of amides is 2. The minimum Gasteiger partial charge on any atom is -0.480 e. The van der Waals surface area contributed by atoms with Crippen LogP contribution in [-0.4, -0.2) is 56.6 Å². The van der Waals surface area contributed by atoms with Crippen LogP contribution in [0.5, 0.6) is 0 Å².